The van der Waals surface area contributed by atoms with Crippen LogP contribution >= 0.6 is 0 Å². The minimum Gasteiger partial charge on any atom is -0.361 e. The zero-order chi connectivity index (χ0) is 19.4. The second kappa shape index (κ2) is 6.16. The second-order valence-electron chi connectivity index (χ2n) is 7.50. The lowest BCUT2D eigenvalue weighted by atomic mass is 9.94. The van der Waals surface area contributed by atoms with Crippen molar-refractivity contribution in [3.8, 4) is 11.1 Å². The first-order chi connectivity index (χ1) is 13.5. The van der Waals surface area contributed by atoms with Gasteiger partial charge < -0.3 is 9.51 Å². The van der Waals surface area contributed by atoms with E-state index in [1.54, 1.807) is 12.1 Å². The van der Waals surface area contributed by atoms with Crippen molar-refractivity contribution in [3.05, 3.63) is 77.2 Å². The van der Waals surface area contributed by atoms with E-state index >= 15 is 0 Å². The molecule has 1 aliphatic rings. The molecule has 0 atom stereocenters. The van der Waals surface area contributed by atoms with Crippen LogP contribution in [0, 0.1) is 19.7 Å². The Labute approximate surface area is 162 Å². The Balaban J connectivity index is 1.73. The van der Waals surface area contributed by atoms with Crippen molar-refractivity contribution in [3.63, 3.8) is 0 Å². The van der Waals surface area contributed by atoms with Crippen molar-refractivity contribution in [1.29, 1.82) is 0 Å². The molecule has 0 spiro atoms. The van der Waals surface area contributed by atoms with E-state index in [2.05, 4.69) is 28.9 Å². The normalized spacial score (nSPS) is 14.0. The third-order valence-corrected chi connectivity index (χ3v) is 5.42. The molecule has 0 unspecified atom stereocenters. The van der Waals surface area contributed by atoms with Gasteiger partial charge in [-0.15, -0.1) is 0 Å². The fraction of sp³-hybridized carbons (Fsp3) is 0.217. The Morgan fingerprint density at radius 1 is 1.18 bits per heavy atom. The van der Waals surface area contributed by atoms with Crippen molar-refractivity contribution in [2.45, 2.75) is 32.6 Å². The number of aromatic amines is 1. The highest BCUT2D eigenvalue weighted by Gasteiger charge is 2.28. The van der Waals surface area contributed by atoms with Crippen LogP contribution in [-0.4, -0.2) is 15.1 Å². The highest BCUT2D eigenvalue weighted by molar-refractivity contribution is 5.97. The number of hydrogen-bond donors (Lipinski definition) is 1. The van der Waals surface area contributed by atoms with Crippen molar-refractivity contribution in [2.75, 3.05) is 0 Å². The fourth-order valence-electron chi connectivity index (χ4n) is 3.77. The van der Waals surface area contributed by atoms with Crippen LogP contribution in [0.3, 0.4) is 0 Å². The maximum atomic E-state index is 13.4. The lowest BCUT2D eigenvalue weighted by molar-refractivity contribution is 0.393. The van der Waals surface area contributed by atoms with E-state index in [1.165, 1.54) is 25.0 Å². The number of halogens is 1. The lowest BCUT2D eigenvalue weighted by Crippen LogP contribution is -1.92. The minimum absolute atomic E-state index is 0.260. The molecule has 28 heavy (non-hydrogen) atoms. The van der Waals surface area contributed by atoms with E-state index in [1.807, 2.05) is 13.8 Å². The molecule has 5 rings (SSSR count). The third-order valence-electron chi connectivity index (χ3n) is 5.42. The van der Waals surface area contributed by atoms with Crippen molar-refractivity contribution >= 4 is 16.6 Å². The number of aryl methyl sites for hydroxylation is 2. The third kappa shape index (κ3) is 2.74. The summed E-state index contributed by atoms with van der Waals surface area (Å²) in [4.78, 5) is 8.35. The summed E-state index contributed by atoms with van der Waals surface area (Å²) in [7, 11) is 0. The predicted molar refractivity (Wildman–Crippen MR) is 108 cm³/mol. The molecule has 0 bridgehead atoms. The lowest BCUT2D eigenvalue weighted by Gasteiger charge is -2.10. The average molecular weight is 373 g/mol. The van der Waals surface area contributed by atoms with E-state index in [-0.39, 0.29) is 5.82 Å². The zero-order valence-electron chi connectivity index (χ0n) is 15.8. The molecular weight excluding hydrogens is 353 g/mol. The summed E-state index contributed by atoms with van der Waals surface area (Å²) in [5.41, 5.74) is 7.34. The summed E-state index contributed by atoms with van der Waals surface area (Å²) in [6, 6.07) is 10.6. The molecule has 2 heterocycles. The summed E-state index contributed by atoms with van der Waals surface area (Å²) in [6.07, 6.45) is 2.34. The monoisotopic (exact) mass is 373 g/mol. The summed E-state index contributed by atoms with van der Waals surface area (Å²) >= 11 is 0. The number of H-pyrrole nitrogens is 1. The van der Waals surface area contributed by atoms with Crippen molar-refractivity contribution < 1.29 is 8.91 Å². The quantitative estimate of drug-likeness (QED) is 0.484. The highest BCUT2D eigenvalue weighted by atomic mass is 19.1. The van der Waals surface area contributed by atoms with E-state index in [9.17, 15) is 4.39 Å². The number of rotatable bonds is 4. The first-order valence-corrected chi connectivity index (χ1v) is 9.43. The van der Waals surface area contributed by atoms with Gasteiger partial charge in [-0.3, -0.25) is 0 Å². The number of benzene rings is 2. The first kappa shape index (κ1) is 16.9. The molecule has 4 nitrogen and oxygen atoms in total. The Morgan fingerprint density at radius 3 is 2.57 bits per heavy atom. The molecule has 1 aliphatic carbocycles. The molecular formula is C23H20FN3O. The smallest absolute Gasteiger partial charge is 0.141 e. The SMILES string of the molecule is C=C(c1ccc(F)cc1)c1cc(-c2c(C)noc2C)cc2nc(C3CC3)[nH]c12. The van der Waals surface area contributed by atoms with Gasteiger partial charge in [0.1, 0.15) is 17.4 Å². The van der Waals surface area contributed by atoms with Crippen molar-refractivity contribution in [1.82, 2.24) is 15.1 Å². The summed E-state index contributed by atoms with van der Waals surface area (Å²) in [5, 5.41) is 4.09. The number of aromatic nitrogens is 3. The number of imidazole rings is 1. The molecule has 0 radical (unpaired) electrons. The standard InChI is InChI=1S/C23H20FN3O/c1-12(15-6-8-18(24)9-7-15)19-10-17(21-13(2)27-28-14(21)3)11-20-22(19)26-23(25-20)16-4-5-16/h6-11,16H,1,4-5H2,2-3H3,(H,25,26). The van der Waals surface area contributed by atoms with Gasteiger partial charge in [-0.25, -0.2) is 9.37 Å². The zero-order valence-corrected chi connectivity index (χ0v) is 15.8. The molecule has 2 aromatic carbocycles. The van der Waals surface area contributed by atoms with Crippen LogP contribution in [-0.2, 0) is 0 Å². The van der Waals surface area contributed by atoms with E-state index in [4.69, 9.17) is 9.51 Å². The Bertz CT molecular complexity index is 1190. The number of fused-ring (bicyclic) bond motifs is 1. The van der Waals surface area contributed by atoms with Crippen molar-refractivity contribution in [2.24, 2.45) is 0 Å². The molecule has 2 aromatic heterocycles. The predicted octanol–water partition coefficient (Wildman–Crippen LogP) is 5.91. The average Bonchev–Trinajstić information content (AvgIpc) is 3.36. The van der Waals surface area contributed by atoms with Gasteiger partial charge in [0.15, 0.2) is 0 Å². The van der Waals surface area contributed by atoms with Gasteiger partial charge in [-0.1, -0.05) is 23.9 Å². The molecule has 4 aromatic rings. The molecule has 0 amide bonds. The number of nitrogens with zero attached hydrogens (tertiary/aromatic N) is 2. The van der Waals surface area contributed by atoms with Crippen LogP contribution in [0.2, 0.25) is 0 Å². The topological polar surface area (TPSA) is 54.7 Å². The van der Waals surface area contributed by atoms with Crippen LogP contribution < -0.4 is 0 Å². The van der Waals surface area contributed by atoms with Crippen LogP contribution in [0.25, 0.3) is 27.7 Å². The number of hydrogen-bond acceptors (Lipinski definition) is 3. The molecule has 0 saturated heterocycles. The van der Waals surface area contributed by atoms with Gasteiger partial charge in [-0.2, -0.15) is 0 Å². The van der Waals surface area contributed by atoms with Gasteiger partial charge in [0.25, 0.3) is 0 Å². The van der Waals surface area contributed by atoms with Gasteiger partial charge in [0.05, 0.1) is 16.7 Å². The van der Waals surface area contributed by atoms with Crippen LogP contribution in [0.4, 0.5) is 4.39 Å². The fourth-order valence-corrected chi connectivity index (χ4v) is 3.77. The molecule has 1 saturated carbocycles. The van der Waals surface area contributed by atoms with E-state index in [0.29, 0.717) is 5.92 Å². The molecule has 1 N–H and O–H groups in total. The maximum Gasteiger partial charge on any atom is 0.141 e. The Morgan fingerprint density at radius 2 is 1.93 bits per heavy atom. The Kier molecular flexibility index (Phi) is 3.72. The summed E-state index contributed by atoms with van der Waals surface area (Å²) < 4.78 is 18.8. The second-order valence-corrected chi connectivity index (χ2v) is 7.50. The van der Waals surface area contributed by atoms with Gasteiger partial charge in [0, 0.05) is 17.0 Å². The largest absolute Gasteiger partial charge is 0.361 e. The molecule has 1 fully saturated rings. The first-order valence-electron chi connectivity index (χ1n) is 9.43. The maximum absolute atomic E-state index is 13.4. The van der Waals surface area contributed by atoms with Crippen LogP contribution in [0.5, 0.6) is 0 Å². The molecule has 5 heteroatoms. The highest BCUT2D eigenvalue weighted by Crippen LogP contribution is 2.41. The summed E-state index contributed by atoms with van der Waals surface area (Å²) in [6.45, 7) is 8.15. The van der Waals surface area contributed by atoms with Crippen LogP contribution in [0.15, 0.2) is 47.5 Å². The van der Waals surface area contributed by atoms with E-state index in [0.717, 1.165) is 56.1 Å². The molecule has 140 valence electrons. The van der Waals surface area contributed by atoms with Gasteiger partial charge >= 0.3 is 0 Å². The van der Waals surface area contributed by atoms with Crippen LogP contribution in [0.1, 0.15) is 47.2 Å². The minimum atomic E-state index is -0.260. The molecule has 0 aliphatic heterocycles. The van der Waals surface area contributed by atoms with E-state index < -0.39 is 0 Å². The summed E-state index contributed by atoms with van der Waals surface area (Å²) in [5.74, 6) is 2.05. The van der Waals surface area contributed by atoms with Gasteiger partial charge in [-0.05, 0) is 67.7 Å². The van der Waals surface area contributed by atoms with Gasteiger partial charge in [0.2, 0.25) is 0 Å². The Hall–Kier alpha value is -3.21. The number of nitrogens with one attached hydrogen (secondary N) is 1.